The quantitative estimate of drug-likeness (QED) is 0.318. The lowest BCUT2D eigenvalue weighted by Crippen LogP contribution is -2.00. The second-order valence-electron chi connectivity index (χ2n) is 6.11. The van der Waals surface area contributed by atoms with E-state index in [9.17, 15) is 0 Å². The van der Waals surface area contributed by atoms with Gasteiger partial charge in [-0.05, 0) is 31.4 Å². The average Bonchev–Trinajstić information content (AvgIpc) is 2.63. The Morgan fingerprint density at radius 2 is 1.25 bits per heavy atom. The van der Waals surface area contributed by atoms with Gasteiger partial charge in [0.25, 0.3) is 0 Å². The molecule has 0 fully saturated rings. The molecule has 2 rings (SSSR count). The summed E-state index contributed by atoms with van der Waals surface area (Å²) in [4.78, 5) is 0. The third-order valence-electron chi connectivity index (χ3n) is 4.09. The van der Waals surface area contributed by atoms with Crippen LogP contribution in [0.15, 0.2) is 36.4 Å². The highest BCUT2D eigenvalue weighted by Crippen LogP contribution is 2.33. The summed E-state index contributed by atoms with van der Waals surface area (Å²) in [6, 6.07) is 12.4. The highest BCUT2D eigenvalue weighted by molar-refractivity contribution is 6.17. The largest absolute Gasteiger partial charge is 0.493 e. The molecule has 132 valence electrons. The van der Waals surface area contributed by atoms with Gasteiger partial charge in [-0.3, -0.25) is 0 Å². The Kier molecular flexibility index (Phi) is 8.83. The summed E-state index contributed by atoms with van der Waals surface area (Å²) in [5.41, 5.74) is 0. The third kappa shape index (κ3) is 5.90. The molecule has 24 heavy (non-hydrogen) atoms. The molecule has 0 unspecified atom stereocenters. The Balaban J connectivity index is 1.86. The lowest BCUT2D eigenvalue weighted by atomic mass is 10.1. The first-order chi connectivity index (χ1) is 11.9. The molecule has 0 saturated carbocycles. The summed E-state index contributed by atoms with van der Waals surface area (Å²) in [5, 5.41) is 2.26. The van der Waals surface area contributed by atoms with Gasteiger partial charge in [0, 0.05) is 16.7 Å². The van der Waals surface area contributed by atoms with Gasteiger partial charge in [-0.25, -0.2) is 0 Å². The Morgan fingerprint density at radius 3 is 1.83 bits per heavy atom. The molecule has 3 heteroatoms. The highest BCUT2D eigenvalue weighted by atomic mass is 35.5. The first kappa shape index (κ1) is 18.9. The maximum absolute atomic E-state index is 6.03. The Morgan fingerprint density at radius 1 is 0.708 bits per heavy atom. The molecule has 0 N–H and O–H groups in total. The number of alkyl halides is 1. The smallest absolute Gasteiger partial charge is 0.127 e. The van der Waals surface area contributed by atoms with Gasteiger partial charge in [-0.2, -0.15) is 0 Å². The molecule has 0 aliphatic heterocycles. The van der Waals surface area contributed by atoms with Crippen molar-refractivity contribution < 1.29 is 9.47 Å². The van der Waals surface area contributed by atoms with Crippen LogP contribution in [0, 0.1) is 0 Å². The molecular weight excluding hydrogens is 320 g/mol. The predicted octanol–water partition coefficient (Wildman–Crippen LogP) is 6.59. The minimum atomic E-state index is 0.744. The minimum Gasteiger partial charge on any atom is -0.493 e. The molecule has 0 aliphatic carbocycles. The molecule has 0 heterocycles. The van der Waals surface area contributed by atoms with E-state index in [-0.39, 0.29) is 0 Å². The normalized spacial score (nSPS) is 10.9. The zero-order valence-corrected chi connectivity index (χ0v) is 15.5. The van der Waals surface area contributed by atoms with Crippen molar-refractivity contribution in [3.63, 3.8) is 0 Å². The van der Waals surface area contributed by atoms with Crippen LogP contribution in [0.25, 0.3) is 10.8 Å². The van der Waals surface area contributed by atoms with Crippen LogP contribution in [0.4, 0.5) is 0 Å². The number of halogens is 1. The van der Waals surface area contributed by atoms with Gasteiger partial charge in [0.1, 0.15) is 11.5 Å². The van der Waals surface area contributed by atoms with E-state index < -0.39 is 0 Å². The maximum atomic E-state index is 6.03. The van der Waals surface area contributed by atoms with Crippen LogP contribution in [0.5, 0.6) is 11.5 Å². The van der Waals surface area contributed by atoms with Crippen LogP contribution in [0.3, 0.4) is 0 Å². The van der Waals surface area contributed by atoms with Crippen molar-refractivity contribution in [1.29, 1.82) is 0 Å². The first-order valence-corrected chi connectivity index (χ1v) is 9.73. The zero-order valence-electron chi connectivity index (χ0n) is 14.7. The van der Waals surface area contributed by atoms with Gasteiger partial charge < -0.3 is 9.47 Å². The number of fused-ring (bicyclic) bond motifs is 1. The van der Waals surface area contributed by atoms with Gasteiger partial charge in [-0.1, -0.05) is 56.9 Å². The Labute approximate surface area is 151 Å². The summed E-state index contributed by atoms with van der Waals surface area (Å²) in [6.07, 6.45) is 8.26. The standard InChI is InChI=1S/C21H29ClO2/c1-2-16-23-20-13-14-21(19-12-8-7-11-18(19)20)24-17-10-6-4-3-5-9-15-22/h7-8,11-14H,2-6,9-10,15-17H2,1H3. The average molecular weight is 349 g/mol. The van der Waals surface area contributed by atoms with E-state index in [1.807, 2.05) is 18.2 Å². The minimum absolute atomic E-state index is 0.744. The van der Waals surface area contributed by atoms with Gasteiger partial charge in [0.15, 0.2) is 0 Å². The van der Waals surface area contributed by atoms with Crippen LogP contribution >= 0.6 is 11.6 Å². The van der Waals surface area contributed by atoms with Gasteiger partial charge in [-0.15, -0.1) is 11.6 Å². The monoisotopic (exact) mass is 348 g/mol. The van der Waals surface area contributed by atoms with E-state index in [4.69, 9.17) is 21.1 Å². The molecule has 0 saturated heterocycles. The summed E-state index contributed by atoms with van der Waals surface area (Å²) in [6.45, 7) is 3.64. The fourth-order valence-corrected chi connectivity index (χ4v) is 2.98. The number of unbranched alkanes of at least 4 members (excludes halogenated alkanes) is 5. The molecule has 2 aromatic carbocycles. The van der Waals surface area contributed by atoms with Crippen LogP contribution in [-0.2, 0) is 0 Å². The van der Waals surface area contributed by atoms with E-state index >= 15 is 0 Å². The van der Waals surface area contributed by atoms with Crippen LogP contribution in [0.1, 0.15) is 51.9 Å². The summed E-state index contributed by atoms with van der Waals surface area (Å²) in [7, 11) is 0. The van der Waals surface area contributed by atoms with E-state index in [1.165, 1.54) is 25.7 Å². The van der Waals surface area contributed by atoms with E-state index in [1.54, 1.807) is 0 Å². The number of hydrogen-bond acceptors (Lipinski definition) is 2. The van der Waals surface area contributed by atoms with Gasteiger partial charge in [0.05, 0.1) is 13.2 Å². The van der Waals surface area contributed by atoms with E-state index in [2.05, 4.69) is 25.1 Å². The highest BCUT2D eigenvalue weighted by Gasteiger charge is 2.07. The van der Waals surface area contributed by atoms with E-state index in [0.29, 0.717) is 0 Å². The molecular formula is C21H29ClO2. The molecule has 0 aromatic heterocycles. The van der Waals surface area contributed by atoms with Crippen LogP contribution in [0.2, 0.25) is 0 Å². The SMILES string of the molecule is CCCOc1ccc(OCCCCCCCCCl)c2ccccc12. The van der Waals surface area contributed by atoms with Crippen molar-refractivity contribution in [2.24, 2.45) is 0 Å². The zero-order chi connectivity index (χ0) is 17.0. The first-order valence-electron chi connectivity index (χ1n) is 9.20. The predicted molar refractivity (Wildman–Crippen MR) is 104 cm³/mol. The maximum Gasteiger partial charge on any atom is 0.127 e. The fraction of sp³-hybridized carbons (Fsp3) is 0.524. The summed E-state index contributed by atoms with van der Waals surface area (Å²) in [5.74, 6) is 2.68. The van der Waals surface area contributed by atoms with Crippen molar-refractivity contribution in [2.75, 3.05) is 19.1 Å². The lowest BCUT2D eigenvalue weighted by molar-refractivity contribution is 0.305. The number of benzene rings is 2. The molecule has 0 atom stereocenters. The Hall–Kier alpha value is -1.41. The molecule has 0 bridgehead atoms. The van der Waals surface area contributed by atoms with Crippen molar-refractivity contribution >= 4 is 22.4 Å². The number of ether oxygens (including phenoxy) is 2. The second-order valence-corrected chi connectivity index (χ2v) is 6.49. The molecule has 2 nitrogen and oxygen atoms in total. The fourth-order valence-electron chi connectivity index (χ4n) is 2.79. The van der Waals surface area contributed by atoms with Crippen molar-refractivity contribution in [3.8, 4) is 11.5 Å². The summed E-state index contributed by atoms with van der Waals surface area (Å²) >= 11 is 5.69. The molecule has 2 aromatic rings. The van der Waals surface area contributed by atoms with Crippen molar-refractivity contribution in [1.82, 2.24) is 0 Å². The Bertz CT molecular complexity index is 597. The molecule has 0 spiro atoms. The number of hydrogen-bond donors (Lipinski definition) is 0. The van der Waals surface area contributed by atoms with Crippen molar-refractivity contribution in [2.45, 2.75) is 51.9 Å². The van der Waals surface area contributed by atoms with E-state index in [0.717, 1.165) is 60.6 Å². The molecule has 0 amide bonds. The summed E-state index contributed by atoms with van der Waals surface area (Å²) < 4.78 is 11.9. The van der Waals surface area contributed by atoms with Gasteiger partial charge in [0.2, 0.25) is 0 Å². The van der Waals surface area contributed by atoms with Crippen LogP contribution < -0.4 is 9.47 Å². The number of rotatable bonds is 12. The third-order valence-corrected chi connectivity index (χ3v) is 4.36. The lowest BCUT2D eigenvalue weighted by Gasteiger charge is -2.13. The van der Waals surface area contributed by atoms with Crippen molar-refractivity contribution in [3.05, 3.63) is 36.4 Å². The topological polar surface area (TPSA) is 18.5 Å². The molecule has 0 aliphatic rings. The van der Waals surface area contributed by atoms with Gasteiger partial charge >= 0.3 is 0 Å². The van der Waals surface area contributed by atoms with Crippen LogP contribution in [-0.4, -0.2) is 19.1 Å². The molecule has 0 radical (unpaired) electrons. The second kappa shape index (κ2) is 11.2.